The minimum Gasteiger partial charge on any atom is -0.426 e. The third-order valence-electron chi connectivity index (χ3n) is 5.62. The number of anilines is 2. The van der Waals surface area contributed by atoms with Gasteiger partial charge in [0.05, 0.1) is 20.9 Å². The molecule has 41 heavy (non-hydrogen) atoms. The standard InChI is InChI=1S/C30H24N2O8S/c1-19(33)39-27-9-5-3-7-25(27)29(35)31-21-11-15-23(16-12-21)41(37,38)24-17-13-22(14-18-24)32-30(36)26-8-4-6-10-28(26)40-20(2)34/h3-18H,1-2H3,(H,31,35)(H,32,36). The fraction of sp³-hybridized carbons (Fsp3) is 0.0667. The van der Waals surface area contributed by atoms with Crippen molar-refractivity contribution in [2.24, 2.45) is 0 Å². The molecule has 4 aromatic rings. The topological polar surface area (TPSA) is 145 Å². The van der Waals surface area contributed by atoms with Crippen LogP contribution >= 0.6 is 0 Å². The first kappa shape index (κ1) is 28.7. The quantitative estimate of drug-likeness (QED) is 0.225. The van der Waals surface area contributed by atoms with Gasteiger partial charge in [-0.3, -0.25) is 19.2 Å². The molecule has 0 unspecified atom stereocenters. The smallest absolute Gasteiger partial charge is 0.308 e. The molecule has 0 atom stereocenters. The number of carbonyl (C=O) groups is 4. The van der Waals surface area contributed by atoms with Crippen LogP contribution in [0.5, 0.6) is 11.5 Å². The Morgan fingerprint density at radius 2 is 0.878 bits per heavy atom. The van der Waals surface area contributed by atoms with Gasteiger partial charge in [-0.2, -0.15) is 0 Å². The van der Waals surface area contributed by atoms with E-state index in [1.807, 2.05) is 0 Å². The van der Waals surface area contributed by atoms with Gasteiger partial charge < -0.3 is 20.1 Å². The first-order valence-corrected chi connectivity index (χ1v) is 13.7. The molecule has 2 amide bonds. The normalized spacial score (nSPS) is 10.8. The van der Waals surface area contributed by atoms with Gasteiger partial charge in [-0.25, -0.2) is 8.42 Å². The lowest BCUT2D eigenvalue weighted by Crippen LogP contribution is -2.15. The van der Waals surface area contributed by atoms with Gasteiger partial charge in [0.25, 0.3) is 11.8 Å². The predicted octanol–water partition coefficient (Wildman–Crippen LogP) is 4.87. The van der Waals surface area contributed by atoms with Crippen LogP contribution in [0, 0.1) is 0 Å². The Balaban J connectivity index is 1.45. The molecule has 0 radical (unpaired) electrons. The molecule has 0 aliphatic carbocycles. The number of hydrogen-bond donors (Lipinski definition) is 2. The van der Waals surface area contributed by atoms with E-state index in [0.29, 0.717) is 11.4 Å². The summed E-state index contributed by atoms with van der Waals surface area (Å²) >= 11 is 0. The molecule has 0 aliphatic heterocycles. The van der Waals surface area contributed by atoms with Crippen LogP contribution in [0.2, 0.25) is 0 Å². The first-order valence-electron chi connectivity index (χ1n) is 12.2. The zero-order valence-corrected chi connectivity index (χ0v) is 22.7. The molecule has 2 N–H and O–H groups in total. The third-order valence-corrected chi connectivity index (χ3v) is 7.40. The highest BCUT2D eigenvalue weighted by Gasteiger charge is 2.20. The molecule has 0 heterocycles. The van der Waals surface area contributed by atoms with Gasteiger partial charge in [0.1, 0.15) is 11.5 Å². The second-order valence-electron chi connectivity index (χ2n) is 8.64. The van der Waals surface area contributed by atoms with Crippen molar-refractivity contribution >= 4 is 45.0 Å². The van der Waals surface area contributed by atoms with E-state index in [2.05, 4.69) is 10.6 Å². The van der Waals surface area contributed by atoms with Crippen LogP contribution in [0.1, 0.15) is 34.6 Å². The number of hydrogen-bond acceptors (Lipinski definition) is 8. The summed E-state index contributed by atoms with van der Waals surface area (Å²) in [5.41, 5.74) is 0.945. The van der Waals surface area contributed by atoms with E-state index in [1.165, 1.54) is 86.6 Å². The minimum absolute atomic E-state index is 0.0112. The highest BCUT2D eigenvalue weighted by molar-refractivity contribution is 7.91. The maximum Gasteiger partial charge on any atom is 0.308 e. The van der Waals surface area contributed by atoms with Gasteiger partial charge in [0.15, 0.2) is 0 Å². The van der Waals surface area contributed by atoms with E-state index in [1.54, 1.807) is 24.3 Å². The molecule has 4 aromatic carbocycles. The summed E-state index contributed by atoms with van der Waals surface area (Å²) in [6, 6.07) is 23.6. The van der Waals surface area contributed by atoms with E-state index >= 15 is 0 Å². The van der Waals surface area contributed by atoms with Gasteiger partial charge in [-0.1, -0.05) is 24.3 Å². The SMILES string of the molecule is CC(=O)Oc1ccccc1C(=O)Nc1ccc(S(=O)(=O)c2ccc(NC(=O)c3ccccc3OC(C)=O)cc2)cc1. The van der Waals surface area contributed by atoms with Crippen molar-refractivity contribution in [3.8, 4) is 11.5 Å². The summed E-state index contributed by atoms with van der Waals surface area (Å²) in [6.07, 6.45) is 0. The summed E-state index contributed by atoms with van der Waals surface area (Å²) in [5, 5.41) is 5.30. The summed E-state index contributed by atoms with van der Waals surface area (Å²) in [5.74, 6) is -2.01. The van der Waals surface area contributed by atoms with E-state index in [-0.39, 0.29) is 32.4 Å². The Hall–Kier alpha value is -5.29. The Bertz CT molecular complexity index is 1610. The zero-order valence-electron chi connectivity index (χ0n) is 21.9. The number of para-hydroxylation sites is 2. The molecule has 208 valence electrons. The Kier molecular flexibility index (Phi) is 8.59. The molecule has 10 nitrogen and oxygen atoms in total. The molecule has 0 bridgehead atoms. The average molecular weight is 573 g/mol. The lowest BCUT2D eigenvalue weighted by atomic mass is 10.2. The van der Waals surface area contributed by atoms with Crippen molar-refractivity contribution in [2.75, 3.05) is 10.6 Å². The van der Waals surface area contributed by atoms with Crippen LogP contribution in [0.3, 0.4) is 0 Å². The molecule has 11 heteroatoms. The van der Waals surface area contributed by atoms with Crippen LogP contribution in [-0.2, 0) is 19.4 Å². The van der Waals surface area contributed by atoms with Gasteiger partial charge in [-0.15, -0.1) is 0 Å². The number of sulfone groups is 1. The highest BCUT2D eigenvalue weighted by atomic mass is 32.2. The van der Waals surface area contributed by atoms with Crippen molar-refractivity contribution < 1.29 is 37.1 Å². The van der Waals surface area contributed by atoms with E-state index < -0.39 is 33.6 Å². The van der Waals surface area contributed by atoms with Gasteiger partial charge in [0.2, 0.25) is 9.84 Å². The molecule has 0 saturated heterocycles. The number of carbonyl (C=O) groups excluding carboxylic acids is 4. The van der Waals surface area contributed by atoms with Crippen molar-refractivity contribution in [3.63, 3.8) is 0 Å². The number of benzene rings is 4. The second-order valence-corrected chi connectivity index (χ2v) is 10.6. The molecule has 0 fully saturated rings. The Labute approximate surface area is 235 Å². The van der Waals surface area contributed by atoms with Crippen molar-refractivity contribution in [1.29, 1.82) is 0 Å². The largest absolute Gasteiger partial charge is 0.426 e. The number of nitrogens with one attached hydrogen (secondary N) is 2. The maximum atomic E-state index is 13.2. The first-order chi connectivity index (χ1) is 19.5. The zero-order chi connectivity index (χ0) is 29.6. The second kappa shape index (κ2) is 12.3. The predicted molar refractivity (Wildman–Crippen MR) is 150 cm³/mol. The van der Waals surface area contributed by atoms with Crippen molar-refractivity contribution in [2.45, 2.75) is 23.6 Å². The molecule has 0 saturated carbocycles. The molecule has 0 aromatic heterocycles. The fourth-order valence-corrected chi connectivity index (χ4v) is 5.02. The molecule has 0 aliphatic rings. The minimum atomic E-state index is -3.91. The van der Waals surface area contributed by atoms with Crippen LogP contribution in [0.4, 0.5) is 11.4 Å². The van der Waals surface area contributed by atoms with Crippen molar-refractivity contribution in [3.05, 3.63) is 108 Å². The summed E-state index contributed by atoms with van der Waals surface area (Å²) in [6.45, 7) is 2.45. The third kappa shape index (κ3) is 7.02. The maximum absolute atomic E-state index is 13.2. The fourth-order valence-electron chi connectivity index (χ4n) is 3.76. The summed E-state index contributed by atoms with van der Waals surface area (Å²) in [7, 11) is -3.91. The highest BCUT2D eigenvalue weighted by Crippen LogP contribution is 2.26. The van der Waals surface area contributed by atoms with Gasteiger partial charge >= 0.3 is 11.9 Å². The van der Waals surface area contributed by atoms with Crippen molar-refractivity contribution in [1.82, 2.24) is 0 Å². The Morgan fingerprint density at radius 3 is 1.22 bits per heavy atom. The van der Waals surface area contributed by atoms with Crippen LogP contribution in [-0.4, -0.2) is 32.2 Å². The summed E-state index contributed by atoms with van der Waals surface area (Å²) < 4.78 is 36.5. The number of amides is 2. The lowest BCUT2D eigenvalue weighted by Gasteiger charge is -2.11. The van der Waals surface area contributed by atoms with E-state index in [4.69, 9.17) is 9.47 Å². The van der Waals surface area contributed by atoms with E-state index in [0.717, 1.165) is 0 Å². The van der Waals surface area contributed by atoms with Crippen LogP contribution in [0.15, 0.2) is 107 Å². The van der Waals surface area contributed by atoms with Crippen LogP contribution in [0.25, 0.3) is 0 Å². The number of esters is 2. The number of rotatable bonds is 8. The van der Waals surface area contributed by atoms with Gasteiger partial charge in [-0.05, 0) is 72.8 Å². The molecule has 4 rings (SSSR count). The summed E-state index contributed by atoms with van der Waals surface area (Å²) in [4.78, 5) is 48.0. The molecular weight excluding hydrogens is 548 g/mol. The molecule has 0 spiro atoms. The van der Waals surface area contributed by atoms with Crippen LogP contribution < -0.4 is 20.1 Å². The van der Waals surface area contributed by atoms with E-state index in [9.17, 15) is 27.6 Å². The number of ether oxygens (including phenoxy) is 2. The molecular formula is C30H24N2O8S. The van der Waals surface area contributed by atoms with Gasteiger partial charge in [0, 0.05) is 25.2 Å². The monoisotopic (exact) mass is 572 g/mol. The average Bonchev–Trinajstić information content (AvgIpc) is 2.93. The Morgan fingerprint density at radius 1 is 0.537 bits per heavy atom. The lowest BCUT2D eigenvalue weighted by molar-refractivity contribution is -0.132.